The van der Waals surface area contributed by atoms with Gasteiger partial charge >= 0.3 is 5.97 Å². The minimum Gasteiger partial charge on any atom is -0.493 e. The summed E-state index contributed by atoms with van der Waals surface area (Å²) in [7, 11) is 3.07. The molecule has 0 aromatic heterocycles. The first kappa shape index (κ1) is 22.3. The molecule has 31 heavy (non-hydrogen) atoms. The van der Waals surface area contributed by atoms with E-state index in [1.165, 1.54) is 35.9 Å². The number of halogens is 1. The molecule has 0 atom stereocenters. The first-order valence-electron chi connectivity index (χ1n) is 8.87. The zero-order valence-corrected chi connectivity index (χ0v) is 18.2. The zero-order chi connectivity index (χ0) is 22.5. The van der Waals surface area contributed by atoms with Crippen molar-refractivity contribution in [3.8, 4) is 23.8 Å². The van der Waals surface area contributed by atoms with Gasteiger partial charge in [0.25, 0.3) is 5.91 Å². The molecule has 158 valence electrons. The number of amidine groups is 1. The van der Waals surface area contributed by atoms with Crippen LogP contribution in [0.4, 0.5) is 5.69 Å². The molecule has 0 saturated carbocycles. The van der Waals surface area contributed by atoms with E-state index in [9.17, 15) is 9.59 Å². The van der Waals surface area contributed by atoms with E-state index in [-0.39, 0.29) is 18.1 Å². The van der Waals surface area contributed by atoms with E-state index in [1.807, 2.05) is 0 Å². The van der Waals surface area contributed by atoms with Crippen molar-refractivity contribution in [2.75, 3.05) is 20.8 Å². The number of aromatic carboxylic acids is 1. The zero-order valence-electron chi connectivity index (χ0n) is 16.6. The van der Waals surface area contributed by atoms with Gasteiger partial charge in [0.05, 0.1) is 28.3 Å². The predicted octanol–water partition coefficient (Wildman–Crippen LogP) is 4.29. The minimum absolute atomic E-state index is 0.0402. The summed E-state index contributed by atoms with van der Waals surface area (Å²) in [5.41, 5.74) is 1.18. The van der Waals surface area contributed by atoms with Crippen LogP contribution in [0.3, 0.4) is 0 Å². The third kappa shape index (κ3) is 5.02. The monoisotopic (exact) mass is 456 g/mol. The lowest BCUT2D eigenvalue weighted by Gasteiger charge is -2.11. The number of ether oxygens (including phenoxy) is 2. The van der Waals surface area contributed by atoms with Gasteiger partial charge in [-0.3, -0.25) is 9.69 Å². The number of aliphatic imine (C=N–C) groups is 1. The van der Waals surface area contributed by atoms with Crippen molar-refractivity contribution >= 4 is 52.2 Å². The maximum atomic E-state index is 12.7. The quantitative estimate of drug-likeness (QED) is 0.515. The van der Waals surface area contributed by atoms with Gasteiger partial charge in [0.15, 0.2) is 16.7 Å². The van der Waals surface area contributed by atoms with Crippen LogP contribution >= 0.6 is 23.4 Å². The Morgan fingerprint density at radius 1 is 1.39 bits per heavy atom. The lowest BCUT2D eigenvalue weighted by Crippen LogP contribution is -2.23. The maximum absolute atomic E-state index is 12.7. The average Bonchev–Trinajstić information content (AvgIpc) is 3.00. The fourth-order valence-electron chi connectivity index (χ4n) is 2.70. The van der Waals surface area contributed by atoms with Crippen LogP contribution in [0.25, 0.3) is 6.08 Å². The summed E-state index contributed by atoms with van der Waals surface area (Å²) >= 11 is 7.47. The molecule has 2 aromatic rings. The number of hydrogen-bond acceptors (Lipinski definition) is 6. The number of terminal acetylenes is 1. The minimum atomic E-state index is -1.05. The highest BCUT2D eigenvalue weighted by Gasteiger charge is 2.30. The normalized spacial score (nSPS) is 15.9. The van der Waals surface area contributed by atoms with Crippen molar-refractivity contribution in [2.24, 2.45) is 4.99 Å². The fourth-order valence-corrected chi connectivity index (χ4v) is 3.96. The molecule has 1 fully saturated rings. The number of hydrogen-bond donors (Lipinski definition) is 1. The van der Waals surface area contributed by atoms with E-state index in [0.717, 1.165) is 0 Å². The second-order valence-electron chi connectivity index (χ2n) is 6.25. The van der Waals surface area contributed by atoms with Crippen LogP contribution in [0.1, 0.15) is 15.9 Å². The van der Waals surface area contributed by atoms with Crippen LogP contribution in [-0.2, 0) is 4.79 Å². The van der Waals surface area contributed by atoms with Gasteiger partial charge in [0.1, 0.15) is 6.61 Å². The van der Waals surface area contributed by atoms with Gasteiger partial charge in [0, 0.05) is 7.05 Å². The first-order chi connectivity index (χ1) is 14.8. The van der Waals surface area contributed by atoms with Crippen LogP contribution < -0.4 is 9.47 Å². The van der Waals surface area contributed by atoms with Gasteiger partial charge in [-0.25, -0.2) is 9.79 Å². The fraction of sp³-hybridized carbons (Fsp3) is 0.136. The van der Waals surface area contributed by atoms with Gasteiger partial charge in [0.2, 0.25) is 0 Å². The summed E-state index contributed by atoms with van der Waals surface area (Å²) in [6.45, 7) is 0.0402. The van der Waals surface area contributed by atoms with Crippen molar-refractivity contribution in [2.45, 2.75) is 0 Å². The Bertz CT molecular complexity index is 1150. The van der Waals surface area contributed by atoms with Crippen molar-refractivity contribution < 1.29 is 24.2 Å². The average molecular weight is 457 g/mol. The van der Waals surface area contributed by atoms with Crippen LogP contribution in [0, 0.1) is 12.3 Å². The number of methoxy groups -OCH3 is 1. The molecule has 0 bridgehead atoms. The molecular formula is C22H17ClN2O5S. The summed E-state index contributed by atoms with van der Waals surface area (Å²) in [5.74, 6) is 1.78. The molecule has 1 aliphatic heterocycles. The topological polar surface area (TPSA) is 88.4 Å². The van der Waals surface area contributed by atoms with Crippen molar-refractivity contribution in [3.05, 3.63) is 57.5 Å². The Morgan fingerprint density at radius 2 is 2.16 bits per heavy atom. The molecule has 0 aliphatic carbocycles. The molecule has 9 heteroatoms. The second-order valence-corrected chi connectivity index (χ2v) is 7.67. The number of carbonyl (C=O) groups is 2. The van der Waals surface area contributed by atoms with Gasteiger partial charge in [-0.2, -0.15) is 0 Å². The first-order valence-corrected chi connectivity index (χ1v) is 10.1. The largest absolute Gasteiger partial charge is 0.493 e. The number of carboxylic acid groups (broad SMARTS) is 1. The molecule has 0 spiro atoms. The number of nitrogens with zero attached hydrogens (tertiary/aromatic N) is 2. The number of benzene rings is 2. The van der Waals surface area contributed by atoms with E-state index in [2.05, 4.69) is 10.9 Å². The van der Waals surface area contributed by atoms with E-state index in [1.54, 1.807) is 37.4 Å². The number of likely N-dealkylation sites (N-methyl/N-ethyl adjacent to an activating group) is 1. The predicted molar refractivity (Wildman–Crippen MR) is 121 cm³/mol. The molecule has 2 aromatic carbocycles. The lowest BCUT2D eigenvalue weighted by molar-refractivity contribution is -0.121. The summed E-state index contributed by atoms with van der Waals surface area (Å²) in [4.78, 5) is 30.1. The van der Waals surface area contributed by atoms with Crippen LogP contribution in [-0.4, -0.2) is 47.8 Å². The number of thioether (sulfide) groups is 1. The maximum Gasteiger partial charge on any atom is 0.335 e. The highest BCUT2D eigenvalue weighted by molar-refractivity contribution is 8.18. The number of carboxylic acids is 1. The van der Waals surface area contributed by atoms with Crippen LogP contribution in [0.15, 0.2) is 46.3 Å². The highest BCUT2D eigenvalue weighted by atomic mass is 35.5. The number of amides is 1. The molecule has 1 aliphatic rings. The van der Waals surface area contributed by atoms with E-state index < -0.39 is 5.97 Å². The van der Waals surface area contributed by atoms with Gasteiger partial charge < -0.3 is 14.6 Å². The van der Waals surface area contributed by atoms with E-state index in [0.29, 0.717) is 37.8 Å². The standard InChI is InChI=1S/C22H17ClN2O5S/c1-4-8-30-19-16(23)9-13(10-17(19)29-3)11-18-20(26)25(2)22(31-18)24-15-7-5-6-14(12-15)21(27)28/h1,5-7,9-12H,8H2,2-3H3,(H,27,28)/b18-11+,24-22?. The summed E-state index contributed by atoms with van der Waals surface area (Å²) in [6, 6.07) is 9.50. The summed E-state index contributed by atoms with van der Waals surface area (Å²) in [6.07, 6.45) is 6.89. The van der Waals surface area contributed by atoms with Crippen LogP contribution in [0.2, 0.25) is 5.02 Å². The van der Waals surface area contributed by atoms with Crippen LogP contribution in [0.5, 0.6) is 11.5 Å². The van der Waals surface area contributed by atoms with Crippen molar-refractivity contribution in [1.29, 1.82) is 0 Å². The molecule has 0 unspecified atom stereocenters. The molecule has 7 nitrogen and oxygen atoms in total. The molecule has 0 radical (unpaired) electrons. The Balaban J connectivity index is 1.92. The van der Waals surface area contributed by atoms with Crippen molar-refractivity contribution in [3.63, 3.8) is 0 Å². The molecule has 3 rings (SSSR count). The number of carbonyl (C=O) groups excluding carboxylic acids is 1. The van der Waals surface area contributed by atoms with E-state index in [4.69, 9.17) is 32.6 Å². The smallest absolute Gasteiger partial charge is 0.335 e. The van der Waals surface area contributed by atoms with Gasteiger partial charge in [-0.05, 0) is 53.7 Å². The molecule has 1 saturated heterocycles. The van der Waals surface area contributed by atoms with Crippen molar-refractivity contribution in [1.82, 2.24) is 4.90 Å². The Labute approximate surface area is 188 Å². The summed E-state index contributed by atoms with van der Waals surface area (Å²) in [5, 5.41) is 9.85. The van der Waals surface area contributed by atoms with Gasteiger partial charge in [-0.15, -0.1) is 6.42 Å². The Hall–Kier alpha value is -3.41. The lowest BCUT2D eigenvalue weighted by atomic mass is 10.2. The third-order valence-electron chi connectivity index (χ3n) is 4.17. The highest BCUT2D eigenvalue weighted by Crippen LogP contribution is 2.39. The van der Waals surface area contributed by atoms with Gasteiger partial charge in [-0.1, -0.05) is 23.6 Å². The summed E-state index contributed by atoms with van der Waals surface area (Å²) < 4.78 is 10.8. The Kier molecular flexibility index (Phi) is 6.90. The Morgan fingerprint density at radius 3 is 2.84 bits per heavy atom. The molecular weight excluding hydrogens is 440 g/mol. The molecule has 1 N–H and O–H groups in total. The van der Waals surface area contributed by atoms with E-state index >= 15 is 0 Å². The molecule has 1 amide bonds. The molecule has 1 heterocycles. The third-order valence-corrected chi connectivity index (χ3v) is 5.51. The second kappa shape index (κ2) is 9.60. The SMILES string of the molecule is C#CCOc1c(Cl)cc(/C=C2/SC(=Nc3cccc(C(=O)O)c3)N(C)C2=O)cc1OC. The number of rotatable bonds is 6.